The molecule has 0 unspecified atom stereocenters. The average Bonchev–Trinajstić information content (AvgIpc) is 2.37. The Kier molecular flexibility index (Phi) is 4.36. The third-order valence-electron chi connectivity index (χ3n) is 2.28. The van der Waals surface area contributed by atoms with Crippen LogP contribution in [-0.4, -0.2) is 23.0 Å². The number of nitrogens with zero attached hydrogens (tertiary/aromatic N) is 2. The molecule has 0 aliphatic heterocycles. The van der Waals surface area contributed by atoms with Gasteiger partial charge in [-0.05, 0) is 18.2 Å². The summed E-state index contributed by atoms with van der Waals surface area (Å²) in [5, 5.41) is 2.61. The molecule has 0 radical (unpaired) electrons. The van der Waals surface area contributed by atoms with E-state index in [-0.39, 0.29) is 27.6 Å². The summed E-state index contributed by atoms with van der Waals surface area (Å²) in [5.74, 6) is -1.38. The van der Waals surface area contributed by atoms with Crippen LogP contribution in [0.15, 0.2) is 24.3 Å². The molecule has 2 aromatic rings. The molecule has 1 amide bonds. The van der Waals surface area contributed by atoms with Crippen molar-refractivity contribution in [2.24, 2.45) is 0 Å². The van der Waals surface area contributed by atoms with Gasteiger partial charge in [0.2, 0.25) is 11.8 Å². The van der Waals surface area contributed by atoms with Crippen LogP contribution in [0.4, 0.5) is 10.3 Å². The summed E-state index contributed by atoms with van der Waals surface area (Å²) in [6, 6.07) is 5.07. The summed E-state index contributed by atoms with van der Waals surface area (Å²) in [6.07, 6.45) is 0. The Morgan fingerprint density at radius 2 is 2.05 bits per heavy atom. The lowest BCUT2D eigenvalue weighted by atomic mass is 10.2. The van der Waals surface area contributed by atoms with Gasteiger partial charge in [-0.2, -0.15) is 4.98 Å². The van der Waals surface area contributed by atoms with Crippen molar-refractivity contribution >= 4 is 35.1 Å². The lowest BCUT2D eigenvalue weighted by Gasteiger charge is -2.06. The lowest BCUT2D eigenvalue weighted by Crippen LogP contribution is -2.16. The second-order valence-corrected chi connectivity index (χ2v) is 4.46. The Hall–Kier alpha value is -1.92. The van der Waals surface area contributed by atoms with E-state index in [0.717, 1.165) is 6.07 Å². The van der Waals surface area contributed by atoms with Crippen molar-refractivity contribution in [1.82, 2.24) is 9.97 Å². The third kappa shape index (κ3) is 3.34. The summed E-state index contributed by atoms with van der Waals surface area (Å²) in [7, 11) is 1.39. The number of hydrogen-bond acceptors (Lipinski definition) is 4. The van der Waals surface area contributed by atoms with Crippen molar-refractivity contribution in [3.8, 4) is 5.88 Å². The summed E-state index contributed by atoms with van der Waals surface area (Å²) in [6.45, 7) is 0. The Labute approximate surface area is 123 Å². The third-order valence-corrected chi connectivity index (χ3v) is 2.71. The molecule has 1 aromatic carbocycles. The molecule has 1 N–H and O–H groups in total. The first-order chi connectivity index (χ1) is 9.49. The number of carbonyl (C=O) groups excluding carboxylic acids is 1. The molecule has 1 aromatic heterocycles. The van der Waals surface area contributed by atoms with Crippen molar-refractivity contribution in [3.05, 3.63) is 45.8 Å². The van der Waals surface area contributed by atoms with Crippen LogP contribution in [0.5, 0.6) is 5.88 Å². The van der Waals surface area contributed by atoms with Gasteiger partial charge in [0, 0.05) is 11.1 Å². The molecule has 0 saturated heterocycles. The van der Waals surface area contributed by atoms with E-state index in [1.807, 2.05) is 0 Å². The van der Waals surface area contributed by atoms with Crippen LogP contribution in [0.2, 0.25) is 10.2 Å². The number of hydrogen-bond donors (Lipinski definition) is 1. The van der Waals surface area contributed by atoms with E-state index in [9.17, 15) is 9.18 Å². The monoisotopic (exact) mass is 315 g/mol. The maximum absolute atomic E-state index is 13.6. The van der Waals surface area contributed by atoms with Crippen LogP contribution < -0.4 is 10.1 Å². The van der Waals surface area contributed by atoms with Gasteiger partial charge in [-0.15, -0.1) is 0 Å². The quantitative estimate of drug-likeness (QED) is 0.883. The first kappa shape index (κ1) is 14.5. The molecule has 20 heavy (non-hydrogen) atoms. The van der Waals surface area contributed by atoms with Crippen molar-refractivity contribution in [2.45, 2.75) is 0 Å². The van der Waals surface area contributed by atoms with Crippen LogP contribution in [0, 0.1) is 5.82 Å². The second kappa shape index (κ2) is 6.02. The number of nitrogens with one attached hydrogen (secondary N) is 1. The van der Waals surface area contributed by atoms with Crippen LogP contribution in [0.1, 0.15) is 10.4 Å². The second-order valence-electron chi connectivity index (χ2n) is 3.63. The van der Waals surface area contributed by atoms with E-state index < -0.39 is 11.7 Å². The van der Waals surface area contributed by atoms with Gasteiger partial charge in [0.1, 0.15) is 11.0 Å². The Morgan fingerprint density at radius 1 is 1.30 bits per heavy atom. The van der Waals surface area contributed by atoms with E-state index in [1.54, 1.807) is 0 Å². The highest BCUT2D eigenvalue weighted by Gasteiger charge is 2.14. The predicted molar refractivity (Wildman–Crippen MR) is 73.0 cm³/mol. The minimum atomic E-state index is -0.746. The van der Waals surface area contributed by atoms with Gasteiger partial charge in [0.25, 0.3) is 5.91 Å². The molecule has 0 bridgehead atoms. The number of halogens is 3. The Morgan fingerprint density at radius 3 is 2.70 bits per heavy atom. The number of aromatic nitrogens is 2. The Balaban J connectivity index is 2.25. The number of ether oxygens (including phenoxy) is 1. The number of anilines is 1. The van der Waals surface area contributed by atoms with Crippen LogP contribution in [-0.2, 0) is 0 Å². The van der Waals surface area contributed by atoms with E-state index in [2.05, 4.69) is 15.3 Å². The first-order valence-corrected chi connectivity index (χ1v) is 6.10. The van der Waals surface area contributed by atoms with Crippen molar-refractivity contribution < 1.29 is 13.9 Å². The smallest absolute Gasteiger partial charge is 0.260 e. The fraction of sp³-hybridized carbons (Fsp3) is 0.0833. The highest BCUT2D eigenvalue weighted by atomic mass is 35.5. The average molecular weight is 316 g/mol. The highest BCUT2D eigenvalue weighted by molar-refractivity contribution is 6.30. The van der Waals surface area contributed by atoms with Crippen LogP contribution >= 0.6 is 23.2 Å². The molecule has 0 fully saturated rings. The zero-order valence-corrected chi connectivity index (χ0v) is 11.7. The summed E-state index contributed by atoms with van der Waals surface area (Å²) >= 11 is 11.3. The van der Waals surface area contributed by atoms with Gasteiger partial charge in [0.05, 0.1) is 12.7 Å². The van der Waals surface area contributed by atoms with Gasteiger partial charge in [0.15, 0.2) is 0 Å². The number of methoxy groups -OCH3 is 1. The fourth-order valence-corrected chi connectivity index (χ4v) is 1.73. The molecule has 0 atom stereocenters. The lowest BCUT2D eigenvalue weighted by molar-refractivity contribution is 0.102. The van der Waals surface area contributed by atoms with Gasteiger partial charge in [-0.3, -0.25) is 10.1 Å². The summed E-state index contributed by atoms with van der Waals surface area (Å²) in [4.78, 5) is 19.6. The van der Waals surface area contributed by atoms with Gasteiger partial charge >= 0.3 is 0 Å². The summed E-state index contributed by atoms with van der Waals surface area (Å²) < 4.78 is 18.5. The molecule has 5 nitrogen and oxygen atoms in total. The highest BCUT2D eigenvalue weighted by Crippen LogP contribution is 2.18. The molecule has 0 spiro atoms. The zero-order chi connectivity index (χ0) is 14.7. The van der Waals surface area contributed by atoms with Gasteiger partial charge in [-0.1, -0.05) is 23.2 Å². The Bertz CT molecular complexity index is 667. The predicted octanol–water partition coefficient (Wildman–Crippen LogP) is 3.18. The topological polar surface area (TPSA) is 64.1 Å². The number of amides is 1. The molecular weight excluding hydrogens is 308 g/mol. The fourth-order valence-electron chi connectivity index (χ4n) is 1.40. The molecule has 0 aliphatic rings. The maximum Gasteiger partial charge on any atom is 0.260 e. The molecule has 1 heterocycles. The molecule has 104 valence electrons. The molecular formula is C12H8Cl2FN3O2. The van der Waals surface area contributed by atoms with E-state index in [1.165, 1.54) is 25.3 Å². The van der Waals surface area contributed by atoms with E-state index in [0.29, 0.717) is 0 Å². The molecule has 0 saturated carbocycles. The van der Waals surface area contributed by atoms with Gasteiger partial charge < -0.3 is 4.74 Å². The zero-order valence-electron chi connectivity index (χ0n) is 10.2. The molecule has 2 rings (SSSR count). The number of benzene rings is 1. The molecule has 0 aliphatic carbocycles. The van der Waals surface area contributed by atoms with E-state index in [4.69, 9.17) is 27.9 Å². The minimum Gasteiger partial charge on any atom is -0.481 e. The van der Waals surface area contributed by atoms with Crippen molar-refractivity contribution in [1.29, 1.82) is 0 Å². The standard InChI is InChI=1S/C12H8Cl2FN3O2/c1-20-10-5-9(14)16-12(17-10)18-11(19)7-3-2-6(13)4-8(7)15/h2-5H,1H3,(H,16,17,18,19). The molecule has 8 heteroatoms. The summed E-state index contributed by atoms with van der Waals surface area (Å²) in [5.41, 5.74) is -0.183. The number of rotatable bonds is 3. The van der Waals surface area contributed by atoms with Crippen molar-refractivity contribution in [3.63, 3.8) is 0 Å². The SMILES string of the molecule is COc1cc(Cl)nc(NC(=O)c2ccc(Cl)cc2F)n1. The minimum absolute atomic E-state index is 0.0868. The van der Waals surface area contributed by atoms with Crippen LogP contribution in [0.25, 0.3) is 0 Å². The van der Waals surface area contributed by atoms with E-state index >= 15 is 0 Å². The number of carbonyl (C=O) groups is 1. The van der Waals surface area contributed by atoms with Crippen molar-refractivity contribution in [2.75, 3.05) is 12.4 Å². The maximum atomic E-state index is 13.6. The first-order valence-electron chi connectivity index (χ1n) is 5.34. The van der Waals surface area contributed by atoms with Gasteiger partial charge in [-0.25, -0.2) is 9.37 Å². The normalized spacial score (nSPS) is 10.2. The largest absolute Gasteiger partial charge is 0.481 e. The van der Waals surface area contributed by atoms with Crippen LogP contribution in [0.3, 0.4) is 0 Å².